The van der Waals surface area contributed by atoms with E-state index < -0.39 is 18.5 Å². The van der Waals surface area contributed by atoms with Gasteiger partial charge in [0.1, 0.15) is 5.76 Å². The summed E-state index contributed by atoms with van der Waals surface area (Å²) in [5.74, 6) is -0.405. The zero-order valence-corrected chi connectivity index (χ0v) is 17.5. The number of carbonyl (C=O) groups excluding carboxylic acids is 4. The molecule has 2 amide bonds. The number of nitrogens with zero attached hydrogens (tertiary/aromatic N) is 1. The number of benzene rings is 1. The number of ketones is 1. The van der Waals surface area contributed by atoms with Crippen LogP contribution in [0.1, 0.15) is 23.0 Å². The summed E-state index contributed by atoms with van der Waals surface area (Å²) in [6.07, 6.45) is 0. The van der Waals surface area contributed by atoms with Gasteiger partial charge in [0.2, 0.25) is 12.7 Å². The average Bonchev–Trinajstić information content (AvgIpc) is 3.33. The number of hydrogen-bond donors (Lipinski definition) is 2. The van der Waals surface area contributed by atoms with Crippen LogP contribution in [0.4, 0.5) is 11.5 Å². The second kappa shape index (κ2) is 9.98. The lowest BCUT2D eigenvalue weighted by atomic mass is 10.1. The van der Waals surface area contributed by atoms with Gasteiger partial charge in [-0.15, -0.1) is 11.8 Å². The second-order valence-corrected chi connectivity index (χ2v) is 7.37. The highest BCUT2D eigenvalue weighted by atomic mass is 32.2. The SMILES string of the molecule is CC(=O)c1cc2c(cc1NC(=O)COC(=O)CSCC(=O)Nc1cc(C)on1)OCO2. The van der Waals surface area contributed by atoms with Crippen LogP contribution < -0.4 is 20.1 Å². The lowest BCUT2D eigenvalue weighted by molar-refractivity contribution is -0.144. The highest BCUT2D eigenvalue weighted by Crippen LogP contribution is 2.37. The van der Waals surface area contributed by atoms with Crippen molar-refractivity contribution in [3.63, 3.8) is 0 Å². The minimum atomic E-state index is -0.664. The molecule has 0 fully saturated rings. The van der Waals surface area contributed by atoms with Gasteiger partial charge in [0.25, 0.3) is 5.91 Å². The summed E-state index contributed by atoms with van der Waals surface area (Å²) in [5, 5.41) is 8.67. The molecular formula is C19H19N3O8S. The molecule has 1 aliphatic heterocycles. The molecule has 0 bridgehead atoms. The predicted molar refractivity (Wildman–Crippen MR) is 109 cm³/mol. The molecule has 0 atom stereocenters. The van der Waals surface area contributed by atoms with Crippen LogP contribution in [0.2, 0.25) is 0 Å². The zero-order valence-electron chi connectivity index (χ0n) is 16.7. The van der Waals surface area contributed by atoms with Crippen LogP contribution in [0.5, 0.6) is 11.5 Å². The molecule has 0 saturated heterocycles. The van der Waals surface area contributed by atoms with Crippen molar-refractivity contribution in [2.24, 2.45) is 0 Å². The number of Topliss-reactive ketones (excluding diaryl/α,β-unsaturated/α-hetero) is 1. The molecule has 0 radical (unpaired) electrons. The Morgan fingerprint density at radius 1 is 1.06 bits per heavy atom. The Morgan fingerprint density at radius 2 is 1.81 bits per heavy atom. The van der Waals surface area contributed by atoms with E-state index in [1.165, 1.54) is 19.1 Å². The first-order chi connectivity index (χ1) is 14.8. The molecule has 31 heavy (non-hydrogen) atoms. The van der Waals surface area contributed by atoms with E-state index in [0.717, 1.165) is 11.8 Å². The first-order valence-electron chi connectivity index (χ1n) is 9.03. The third-order valence-electron chi connectivity index (χ3n) is 3.88. The first kappa shape index (κ1) is 22.2. The molecule has 0 aliphatic carbocycles. The molecule has 3 rings (SSSR count). The molecule has 164 valence electrons. The number of esters is 1. The van der Waals surface area contributed by atoms with Crippen molar-refractivity contribution in [3.05, 3.63) is 29.5 Å². The topological polar surface area (TPSA) is 146 Å². The fourth-order valence-electron chi connectivity index (χ4n) is 2.54. The number of nitrogens with one attached hydrogen (secondary N) is 2. The van der Waals surface area contributed by atoms with E-state index in [1.54, 1.807) is 13.0 Å². The van der Waals surface area contributed by atoms with Crippen LogP contribution in [0.25, 0.3) is 0 Å². The van der Waals surface area contributed by atoms with Crippen LogP contribution >= 0.6 is 11.8 Å². The zero-order chi connectivity index (χ0) is 22.4. The Kier molecular flexibility index (Phi) is 7.13. The monoisotopic (exact) mass is 449 g/mol. The maximum atomic E-state index is 12.1. The molecule has 0 unspecified atom stereocenters. The normalized spacial score (nSPS) is 11.7. The fraction of sp³-hybridized carbons (Fsp3) is 0.316. The molecule has 1 aliphatic rings. The quantitative estimate of drug-likeness (QED) is 0.429. The number of thioether (sulfide) groups is 1. The Bertz CT molecular complexity index is 1020. The summed E-state index contributed by atoms with van der Waals surface area (Å²) in [5.41, 5.74) is 0.472. The average molecular weight is 449 g/mol. The van der Waals surface area contributed by atoms with Gasteiger partial charge in [-0.25, -0.2) is 0 Å². The Labute approximate surface area is 180 Å². The maximum Gasteiger partial charge on any atom is 0.316 e. The van der Waals surface area contributed by atoms with E-state index in [9.17, 15) is 19.2 Å². The molecule has 11 nitrogen and oxygen atoms in total. The number of aryl methyl sites for hydroxylation is 1. The molecule has 2 N–H and O–H groups in total. The van der Waals surface area contributed by atoms with Gasteiger partial charge in [-0.1, -0.05) is 5.16 Å². The summed E-state index contributed by atoms with van der Waals surface area (Å²) in [6, 6.07) is 4.52. The number of ether oxygens (including phenoxy) is 3. The van der Waals surface area contributed by atoms with Gasteiger partial charge in [0.05, 0.1) is 17.2 Å². The van der Waals surface area contributed by atoms with Gasteiger partial charge in [0.15, 0.2) is 29.7 Å². The van der Waals surface area contributed by atoms with Crippen molar-refractivity contribution in [1.82, 2.24) is 5.16 Å². The van der Waals surface area contributed by atoms with E-state index in [4.69, 9.17) is 18.7 Å². The molecule has 2 aromatic rings. The predicted octanol–water partition coefficient (Wildman–Crippen LogP) is 1.77. The molecule has 2 heterocycles. The van der Waals surface area contributed by atoms with Crippen molar-refractivity contribution in [1.29, 1.82) is 0 Å². The van der Waals surface area contributed by atoms with Crippen LogP contribution in [-0.4, -0.2) is 53.6 Å². The summed E-state index contributed by atoms with van der Waals surface area (Å²) in [7, 11) is 0. The van der Waals surface area contributed by atoms with Crippen molar-refractivity contribution in [2.75, 3.05) is 35.5 Å². The summed E-state index contributed by atoms with van der Waals surface area (Å²) < 4.78 is 20.2. The van der Waals surface area contributed by atoms with E-state index >= 15 is 0 Å². The number of amides is 2. The standard InChI is InChI=1S/C19H19N3O8S/c1-10-3-16(22-30-10)21-18(25)7-31-8-19(26)27-6-17(24)20-13-5-15-14(28-9-29-15)4-12(13)11(2)23/h3-5H,6-9H2,1-2H3,(H,20,24)(H,21,22,25). The molecule has 1 aromatic heterocycles. The van der Waals surface area contributed by atoms with Crippen molar-refractivity contribution in [3.8, 4) is 11.5 Å². The van der Waals surface area contributed by atoms with E-state index in [2.05, 4.69) is 15.8 Å². The molecule has 12 heteroatoms. The molecular weight excluding hydrogens is 430 g/mol. The third-order valence-corrected chi connectivity index (χ3v) is 4.79. The highest BCUT2D eigenvalue weighted by Gasteiger charge is 2.21. The number of carbonyl (C=O) groups is 4. The Balaban J connectivity index is 1.41. The van der Waals surface area contributed by atoms with Gasteiger partial charge in [0, 0.05) is 17.7 Å². The number of anilines is 2. The second-order valence-electron chi connectivity index (χ2n) is 6.38. The van der Waals surface area contributed by atoms with Crippen LogP contribution in [0.3, 0.4) is 0 Å². The van der Waals surface area contributed by atoms with Crippen molar-refractivity contribution in [2.45, 2.75) is 13.8 Å². The van der Waals surface area contributed by atoms with Crippen LogP contribution in [0.15, 0.2) is 22.7 Å². The number of rotatable bonds is 9. The largest absolute Gasteiger partial charge is 0.455 e. The van der Waals surface area contributed by atoms with Gasteiger partial charge in [-0.05, 0) is 19.9 Å². The lowest BCUT2D eigenvalue weighted by Gasteiger charge is -2.11. The van der Waals surface area contributed by atoms with E-state index in [-0.39, 0.29) is 47.1 Å². The third kappa shape index (κ3) is 6.22. The maximum absolute atomic E-state index is 12.1. The first-order valence-corrected chi connectivity index (χ1v) is 10.2. The highest BCUT2D eigenvalue weighted by molar-refractivity contribution is 8.00. The van der Waals surface area contributed by atoms with Gasteiger partial charge in [-0.3, -0.25) is 19.2 Å². The van der Waals surface area contributed by atoms with Gasteiger partial charge >= 0.3 is 5.97 Å². The van der Waals surface area contributed by atoms with Crippen LogP contribution in [0, 0.1) is 6.92 Å². The Hall–Kier alpha value is -3.54. The van der Waals surface area contributed by atoms with Crippen molar-refractivity contribution >= 4 is 46.8 Å². The molecule has 0 spiro atoms. The number of fused-ring (bicyclic) bond motifs is 1. The van der Waals surface area contributed by atoms with Gasteiger partial charge < -0.3 is 29.4 Å². The minimum absolute atomic E-state index is 0.00757. The van der Waals surface area contributed by atoms with E-state index in [0.29, 0.717) is 17.3 Å². The van der Waals surface area contributed by atoms with Gasteiger partial charge in [-0.2, -0.15) is 0 Å². The van der Waals surface area contributed by atoms with E-state index in [1.807, 2.05) is 0 Å². The number of aromatic nitrogens is 1. The summed E-state index contributed by atoms with van der Waals surface area (Å²) in [6.45, 7) is 2.52. The lowest BCUT2D eigenvalue weighted by Crippen LogP contribution is -2.23. The smallest absolute Gasteiger partial charge is 0.316 e. The number of hydrogen-bond acceptors (Lipinski definition) is 10. The molecule has 1 aromatic carbocycles. The summed E-state index contributed by atoms with van der Waals surface area (Å²) in [4.78, 5) is 47.5. The van der Waals surface area contributed by atoms with Crippen molar-refractivity contribution < 1.29 is 37.9 Å². The Morgan fingerprint density at radius 3 is 2.48 bits per heavy atom. The van der Waals surface area contributed by atoms with Crippen LogP contribution in [-0.2, 0) is 19.1 Å². The fourth-order valence-corrected chi connectivity index (χ4v) is 3.15. The minimum Gasteiger partial charge on any atom is -0.455 e. The molecule has 0 saturated carbocycles. The summed E-state index contributed by atoms with van der Waals surface area (Å²) >= 11 is 1.02.